The lowest BCUT2D eigenvalue weighted by atomic mass is 10.2. The van der Waals surface area contributed by atoms with Crippen LogP contribution in [0.15, 0.2) is 48.8 Å². The maximum absolute atomic E-state index is 14.7. The van der Waals surface area contributed by atoms with Gasteiger partial charge in [0.05, 0.1) is 25.1 Å². The number of primary amides is 1. The average Bonchev–Trinajstić information content (AvgIpc) is 3.28. The minimum absolute atomic E-state index is 0.0417. The van der Waals surface area contributed by atoms with Crippen molar-refractivity contribution in [3.8, 4) is 11.4 Å². The van der Waals surface area contributed by atoms with Crippen LogP contribution in [0.5, 0.6) is 0 Å². The molecule has 2 aromatic carbocycles. The molecule has 2 N–H and O–H groups in total. The summed E-state index contributed by atoms with van der Waals surface area (Å²) < 4.78 is 51.3. The number of anilines is 2. The number of imidazole rings is 1. The van der Waals surface area contributed by atoms with E-state index in [1.165, 1.54) is 24.5 Å². The summed E-state index contributed by atoms with van der Waals surface area (Å²) in [6.45, 7) is 3.94. The molecule has 1 aliphatic rings. The van der Waals surface area contributed by atoms with E-state index < -0.39 is 29.2 Å². The van der Waals surface area contributed by atoms with Crippen LogP contribution in [-0.4, -0.2) is 63.3 Å². The molecule has 12 heteroatoms. The molecule has 0 saturated carbocycles. The molecule has 2 aromatic heterocycles. The maximum atomic E-state index is 14.7. The lowest BCUT2D eigenvalue weighted by molar-refractivity contribution is 0.0365. The molecule has 186 valence electrons. The second-order valence-corrected chi connectivity index (χ2v) is 8.16. The van der Waals surface area contributed by atoms with Gasteiger partial charge in [-0.25, -0.2) is 37.8 Å². The summed E-state index contributed by atoms with van der Waals surface area (Å²) in [5.41, 5.74) is 5.24. The van der Waals surface area contributed by atoms with Gasteiger partial charge >= 0.3 is 6.03 Å². The van der Waals surface area contributed by atoms with E-state index in [2.05, 4.69) is 19.9 Å². The minimum atomic E-state index is -1.19. The third-order valence-electron chi connectivity index (χ3n) is 5.91. The third kappa shape index (κ3) is 4.48. The van der Waals surface area contributed by atoms with Gasteiger partial charge in [0.2, 0.25) is 0 Å². The van der Waals surface area contributed by atoms with E-state index >= 15 is 0 Å². The number of nitrogens with zero attached hydrogens (tertiary/aromatic N) is 6. The first kappa shape index (κ1) is 23.7. The van der Waals surface area contributed by atoms with Gasteiger partial charge in [-0.1, -0.05) is 18.2 Å². The van der Waals surface area contributed by atoms with Crippen molar-refractivity contribution >= 4 is 28.7 Å². The SMILES string of the molecule is NC(=O)N(c1c(F)cccc1F)c1nc(-c2ccccc2F)nc2c1ncn2CCN1CCOCC1. The number of aromatic nitrogens is 4. The van der Waals surface area contributed by atoms with Crippen molar-refractivity contribution in [2.75, 3.05) is 37.7 Å². The average molecular weight is 497 g/mol. The number of hydrogen-bond donors (Lipinski definition) is 1. The van der Waals surface area contributed by atoms with Crippen LogP contribution in [0, 0.1) is 17.5 Å². The Labute approximate surface area is 203 Å². The third-order valence-corrected chi connectivity index (χ3v) is 5.91. The number of urea groups is 1. The first-order chi connectivity index (χ1) is 17.4. The second kappa shape index (κ2) is 9.91. The van der Waals surface area contributed by atoms with Gasteiger partial charge in [-0.2, -0.15) is 0 Å². The Kier molecular flexibility index (Phi) is 6.53. The smallest absolute Gasteiger partial charge is 0.325 e. The Morgan fingerprint density at radius 1 is 0.972 bits per heavy atom. The molecule has 5 rings (SSSR count). The standard InChI is InChI=1S/C24H22F3N7O2/c25-16-5-2-1-4-15(16)21-30-22-19(29-14-33(22)9-8-32-10-12-36-13-11-32)23(31-21)34(24(28)35)20-17(26)6-3-7-18(20)27/h1-7,14H,8-13H2,(H2,28,35). The Morgan fingerprint density at radius 3 is 2.36 bits per heavy atom. The van der Waals surface area contributed by atoms with Gasteiger partial charge in [-0.15, -0.1) is 0 Å². The van der Waals surface area contributed by atoms with E-state index in [0.29, 0.717) is 31.2 Å². The van der Waals surface area contributed by atoms with Crippen molar-refractivity contribution in [3.63, 3.8) is 0 Å². The number of carbonyl (C=O) groups excluding carboxylic acids is 1. The molecule has 1 saturated heterocycles. The van der Waals surface area contributed by atoms with E-state index in [1.807, 2.05) is 0 Å². The molecule has 36 heavy (non-hydrogen) atoms. The minimum Gasteiger partial charge on any atom is -0.379 e. The maximum Gasteiger partial charge on any atom is 0.325 e. The normalized spacial score (nSPS) is 14.3. The molecular formula is C24H22F3N7O2. The molecule has 0 atom stereocenters. The topological polar surface area (TPSA) is 102 Å². The van der Waals surface area contributed by atoms with E-state index in [1.54, 1.807) is 10.6 Å². The monoisotopic (exact) mass is 497 g/mol. The molecule has 1 aliphatic heterocycles. The number of rotatable bonds is 6. The zero-order valence-electron chi connectivity index (χ0n) is 19.1. The fourth-order valence-corrected chi connectivity index (χ4v) is 4.11. The van der Waals surface area contributed by atoms with Crippen LogP contribution < -0.4 is 10.6 Å². The van der Waals surface area contributed by atoms with Gasteiger partial charge in [0.1, 0.15) is 23.1 Å². The number of ether oxygens (including phenoxy) is 1. The molecule has 0 spiro atoms. The van der Waals surface area contributed by atoms with Crippen molar-refractivity contribution < 1.29 is 22.7 Å². The largest absolute Gasteiger partial charge is 0.379 e. The number of carbonyl (C=O) groups is 1. The van der Waals surface area contributed by atoms with Gasteiger partial charge in [0, 0.05) is 26.2 Å². The van der Waals surface area contributed by atoms with Crippen LogP contribution in [0.2, 0.25) is 0 Å². The van der Waals surface area contributed by atoms with E-state index in [-0.39, 0.29) is 28.4 Å². The highest BCUT2D eigenvalue weighted by molar-refractivity contribution is 6.04. The fourth-order valence-electron chi connectivity index (χ4n) is 4.11. The molecule has 3 heterocycles. The van der Waals surface area contributed by atoms with E-state index in [0.717, 1.165) is 31.3 Å². The second-order valence-electron chi connectivity index (χ2n) is 8.16. The Morgan fingerprint density at radius 2 is 1.67 bits per heavy atom. The van der Waals surface area contributed by atoms with Crippen LogP contribution in [0.1, 0.15) is 0 Å². The van der Waals surface area contributed by atoms with Gasteiger partial charge < -0.3 is 15.0 Å². The summed E-state index contributed by atoms with van der Waals surface area (Å²) in [6, 6.07) is 7.76. The number of fused-ring (bicyclic) bond motifs is 1. The fraction of sp³-hybridized carbons (Fsp3) is 0.250. The zero-order chi connectivity index (χ0) is 25.2. The van der Waals surface area contributed by atoms with Gasteiger partial charge in [0.25, 0.3) is 0 Å². The van der Waals surface area contributed by atoms with Crippen molar-refractivity contribution in [1.82, 2.24) is 24.4 Å². The Balaban J connectivity index is 1.68. The van der Waals surface area contributed by atoms with Gasteiger partial charge in [-0.05, 0) is 24.3 Å². The predicted octanol–water partition coefficient (Wildman–Crippen LogP) is 3.46. The van der Waals surface area contributed by atoms with Crippen LogP contribution >= 0.6 is 0 Å². The molecule has 2 amide bonds. The number of amides is 2. The summed E-state index contributed by atoms with van der Waals surface area (Å²) in [5, 5.41) is 0. The highest BCUT2D eigenvalue weighted by Gasteiger charge is 2.29. The lowest BCUT2D eigenvalue weighted by Gasteiger charge is -2.26. The molecule has 0 aliphatic carbocycles. The number of morpholine rings is 1. The predicted molar refractivity (Wildman–Crippen MR) is 126 cm³/mol. The number of hydrogen-bond acceptors (Lipinski definition) is 6. The molecule has 0 radical (unpaired) electrons. The Hall–Kier alpha value is -4.03. The summed E-state index contributed by atoms with van der Waals surface area (Å²) in [7, 11) is 0. The number of nitrogens with two attached hydrogens (primary N) is 1. The van der Waals surface area contributed by atoms with Crippen molar-refractivity contribution in [2.45, 2.75) is 6.54 Å². The zero-order valence-corrected chi connectivity index (χ0v) is 19.1. The first-order valence-electron chi connectivity index (χ1n) is 11.3. The van der Waals surface area contributed by atoms with E-state index in [4.69, 9.17) is 10.5 Å². The summed E-state index contributed by atoms with van der Waals surface area (Å²) in [5.74, 6) is -3.02. The Bertz CT molecular complexity index is 1400. The van der Waals surface area contributed by atoms with Crippen LogP contribution in [-0.2, 0) is 11.3 Å². The quantitative estimate of drug-likeness (QED) is 0.438. The summed E-state index contributed by atoms with van der Waals surface area (Å²) >= 11 is 0. The number of benzene rings is 2. The van der Waals surface area contributed by atoms with Gasteiger partial charge in [0.15, 0.2) is 22.8 Å². The van der Waals surface area contributed by atoms with Crippen molar-refractivity contribution in [3.05, 3.63) is 66.2 Å². The van der Waals surface area contributed by atoms with Crippen LogP contribution in [0.4, 0.5) is 29.5 Å². The molecule has 9 nitrogen and oxygen atoms in total. The molecule has 0 bridgehead atoms. The first-order valence-corrected chi connectivity index (χ1v) is 11.3. The summed E-state index contributed by atoms with van der Waals surface area (Å²) in [4.78, 5) is 28.5. The summed E-state index contributed by atoms with van der Waals surface area (Å²) in [6.07, 6.45) is 1.49. The van der Waals surface area contributed by atoms with Crippen molar-refractivity contribution in [1.29, 1.82) is 0 Å². The van der Waals surface area contributed by atoms with Crippen molar-refractivity contribution in [2.24, 2.45) is 5.73 Å². The lowest BCUT2D eigenvalue weighted by Crippen LogP contribution is -2.38. The number of halogens is 3. The molecule has 1 fully saturated rings. The highest BCUT2D eigenvalue weighted by Crippen LogP contribution is 2.34. The van der Waals surface area contributed by atoms with E-state index in [9.17, 15) is 18.0 Å². The molecule has 0 unspecified atom stereocenters. The molecular weight excluding hydrogens is 475 g/mol. The van der Waals surface area contributed by atoms with Crippen LogP contribution in [0.3, 0.4) is 0 Å². The number of para-hydroxylation sites is 1. The molecule has 4 aromatic rings. The van der Waals surface area contributed by atoms with Gasteiger partial charge in [-0.3, -0.25) is 4.90 Å². The highest BCUT2D eigenvalue weighted by atomic mass is 19.1. The van der Waals surface area contributed by atoms with Crippen LogP contribution in [0.25, 0.3) is 22.6 Å².